The molecule has 0 aliphatic heterocycles. The number of ether oxygens (including phenoxy) is 1. The van der Waals surface area contributed by atoms with E-state index in [-0.39, 0.29) is 11.9 Å². The summed E-state index contributed by atoms with van der Waals surface area (Å²) in [6, 6.07) is 13.0. The molecule has 1 unspecified atom stereocenters. The van der Waals surface area contributed by atoms with E-state index in [0.717, 1.165) is 34.7 Å². The summed E-state index contributed by atoms with van der Waals surface area (Å²) in [7, 11) is 0. The van der Waals surface area contributed by atoms with Crippen molar-refractivity contribution < 1.29 is 9.53 Å². The van der Waals surface area contributed by atoms with Crippen LogP contribution in [0.25, 0.3) is 0 Å². The normalized spacial score (nSPS) is 15.5. The topological polar surface area (TPSA) is 51.2 Å². The van der Waals surface area contributed by atoms with Gasteiger partial charge in [0.05, 0.1) is 17.2 Å². The van der Waals surface area contributed by atoms with Crippen LogP contribution in [-0.2, 0) is 13.0 Å². The van der Waals surface area contributed by atoms with E-state index < -0.39 is 0 Å². The SMILES string of the molecule is O=C(NC1CCc2c(Cl)cccc21)c1ccc(OCc2cscn2)cc1. The number of amides is 1. The van der Waals surface area contributed by atoms with Crippen molar-refractivity contribution >= 4 is 28.8 Å². The summed E-state index contributed by atoms with van der Waals surface area (Å²) in [5, 5.41) is 5.84. The van der Waals surface area contributed by atoms with Crippen molar-refractivity contribution in [3.63, 3.8) is 0 Å². The van der Waals surface area contributed by atoms with Crippen LogP contribution in [0.5, 0.6) is 5.75 Å². The lowest BCUT2D eigenvalue weighted by atomic mass is 10.1. The number of hydrogen-bond donors (Lipinski definition) is 1. The highest BCUT2D eigenvalue weighted by Gasteiger charge is 2.25. The van der Waals surface area contributed by atoms with Gasteiger partial charge in [0.2, 0.25) is 0 Å². The third-order valence-corrected chi connectivity index (χ3v) is 5.49. The summed E-state index contributed by atoms with van der Waals surface area (Å²) < 4.78 is 5.68. The first-order chi connectivity index (χ1) is 12.7. The Labute approximate surface area is 160 Å². The maximum atomic E-state index is 12.6. The molecule has 1 N–H and O–H groups in total. The van der Waals surface area contributed by atoms with E-state index in [9.17, 15) is 4.79 Å². The molecule has 1 amide bonds. The number of nitrogens with zero attached hydrogens (tertiary/aromatic N) is 1. The summed E-state index contributed by atoms with van der Waals surface area (Å²) in [6.45, 7) is 0.425. The number of benzene rings is 2. The van der Waals surface area contributed by atoms with Gasteiger partial charge in [-0.15, -0.1) is 11.3 Å². The van der Waals surface area contributed by atoms with Crippen LogP contribution in [0.15, 0.2) is 53.4 Å². The van der Waals surface area contributed by atoms with E-state index in [0.29, 0.717) is 17.9 Å². The fourth-order valence-corrected chi connectivity index (χ4v) is 3.99. The molecule has 4 rings (SSSR count). The number of thiazole rings is 1. The van der Waals surface area contributed by atoms with Crippen LogP contribution >= 0.6 is 22.9 Å². The molecule has 1 aliphatic carbocycles. The number of hydrogen-bond acceptors (Lipinski definition) is 4. The fourth-order valence-electron chi connectivity index (χ4n) is 3.17. The fraction of sp³-hybridized carbons (Fsp3) is 0.200. The zero-order chi connectivity index (χ0) is 17.9. The molecule has 132 valence electrons. The third kappa shape index (κ3) is 3.59. The minimum atomic E-state index is -0.0890. The number of rotatable bonds is 5. The highest BCUT2D eigenvalue weighted by atomic mass is 35.5. The molecule has 1 heterocycles. The highest BCUT2D eigenvalue weighted by Crippen LogP contribution is 2.35. The minimum Gasteiger partial charge on any atom is -0.487 e. The van der Waals surface area contributed by atoms with Gasteiger partial charge in [-0.25, -0.2) is 4.98 Å². The second-order valence-electron chi connectivity index (χ2n) is 6.17. The third-order valence-electron chi connectivity index (χ3n) is 4.51. The van der Waals surface area contributed by atoms with Gasteiger partial charge in [-0.2, -0.15) is 0 Å². The van der Waals surface area contributed by atoms with Gasteiger partial charge in [0.25, 0.3) is 5.91 Å². The van der Waals surface area contributed by atoms with Crippen molar-refractivity contribution in [1.29, 1.82) is 0 Å². The molecular formula is C20H17ClN2O2S. The number of fused-ring (bicyclic) bond motifs is 1. The lowest BCUT2D eigenvalue weighted by molar-refractivity contribution is 0.0936. The molecule has 1 aliphatic rings. The summed E-state index contributed by atoms with van der Waals surface area (Å²) in [5.74, 6) is 0.626. The Balaban J connectivity index is 1.39. The van der Waals surface area contributed by atoms with Gasteiger partial charge >= 0.3 is 0 Å². The summed E-state index contributed by atoms with van der Waals surface area (Å²) in [4.78, 5) is 16.7. The Hall–Kier alpha value is -2.37. The smallest absolute Gasteiger partial charge is 0.251 e. The molecule has 0 fully saturated rings. The Bertz CT molecular complexity index is 910. The predicted octanol–water partition coefficient (Wildman–Crippen LogP) is 4.79. The molecule has 2 aromatic carbocycles. The van der Waals surface area contributed by atoms with Crippen molar-refractivity contribution in [1.82, 2.24) is 10.3 Å². The van der Waals surface area contributed by atoms with Gasteiger partial charge < -0.3 is 10.1 Å². The number of nitrogens with one attached hydrogen (secondary N) is 1. The van der Waals surface area contributed by atoms with E-state index >= 15 is 0 Å². The quantitative estimate of drug-likeness (QED) is 0.687. The van der Waals surface area contributed by atoms with Gasteiger partial charge in [-0.05, 0) is 54.3 Å². The molecule has 3 aromatic rings. The zero-order valence-electron chi connectivity index (χ0n) is 13.9. The first-order valence-corrected chi connectivity index (χ1v) is 9.71. The first kappa shape index (κ1) is 17.1. The molecule has 1 aromatic heterocycles. The molecule has 4 nitrogen and oxygen atoms in total. The maximum Gasteiger partial charge on any atom is 0.251 e. The lowest BCUT2D eigenvalue weighted by Crippen LogP contribution is -2.27. The molecule has 0 radical (unpaired) electrons. The molecule has 0 spiro atoms. The van der Waals surface area contributed by atoms with E-state index in [1.54, 1.807) is 29.8 Å². The predicted molar refractivity (Wildman–Crippen MR) is 103 cm³/mol. The number of halogens is 1. The van der Waals surface area contributed by atoms with E-state index in [4.69, 9.17) is 16.3 Å². The molecule has 0 saturated heterocycles. The highest BCUT2D eigenvalue weighted by molar-refractivity contribution is 7.07. The molecule has 0 saturated carbocycles. The van der Waals surface area contributed by atoms with E-state index in [2.05, 4.69) is 10.3 Å². The summed E-state index contributed by atoms with van der Waals surface area (Å²) >= 11 is 7.78. The van der Waals surface area contributed by atoms with Gasteiger partial charge in [-0.1, -0.05) is 23.7 Å². The first-order valence-electron chi connectivity index (χ1n) is 8.39. The second-order valence-corrected chi connectivity index (χ2v) is 7.29. The molecule has 6 heteroatoms. The monoisotopic (exact) mass is 384 g/mol. The van der Waals surface area contributed by atoms with E-state index in [1.165, 1.54) is 11.3 Å². The van der Waals surface area contributed by atoms with E-state index in [1.807, 2.05) is 23.6 Å². The standard InChI is InChI=1S/C20H17ClN2O2S/c21-18-3-1-2-17-16(18)8-9-19(17)23-20(24)13-4-6-15(7-5-13)25-10-14-11-26-12-22-14/h1-7,11-12,19H,8-10H2,(H,23,24). The minimum absolute atomic E-state index is 0.0109. The largest absolute Gasteiger partial charge is 0.487 e. The van der Waals surface area contributed by atoms with Crippen LogP contribution in [0.2, 0.25) is 5.02 Å². The average molecular weight is 385 g/mol. The Morgan fingerprint density at radius 1 is 1.27 bits per heavy atom. The van der Waals surface area contributed by atoms with Gasteiger partial charge in [0.1, 0.15) is 12.4 Å². The lowest BCUT2D eigenvalue weighted by Gasteiger charge is -2.14. The Morgan fingerprint density at radius 3 is 2.88 bits per heavy atom. The van der Waals surface area contributed by atoms with Gasteiger partial charge in [0, 0.05) is 16.0 Å². The van der Waals surface area contributed by atoms with Gasteiger partial charge in [-0.3, -0.25) is 4.79 Å². The van der Waals surface area contributed by atoms with Crippen LogP contribution in [-0.4, -0.2) is 10.9 Å². The van der Waals surface area contributed by atoms with Crippen LogP contribution in [0.4, 0.5) is 0 Å². The molecule has 0 bridgehead atoms. The van der Waals surface area contributed by atoms with Crippen LogP contribution < -0.4 is 10.1 Å². The molecular weight excluding hydrogens is 368 g/mol. The maximum absolute atomic E-state index is 12.6. The van der Waals surface area contributed by atoms with Crippen LogP contribution in [0.3, 0.4) is 0 Å². The molecule has 26 heavy (non-hydrogen) atoms. The second kappa shape index (κ2) is 7.48. The summed E-state index contributed by atoms with van der Waals surface area (Å²) in [5.41, 5.74) is 5.55. The number of carbonyl (C=O) groups excluding carboxylic acids is 1. The number of carbonyl (C=O) groups is 1. The van der Waals surface area contributed by atoms with Crippen molar-refractivity contribution in [2.75, 3.05) is 0 Å². The van der Waals surface area contributed by atoms with Gasteiger partial charge in [0.15, 0.2) is 0 Å². The van der Waals surface area contributed by atoms with Crippen molar-refractivity contribution in [3.8, 4) is 5.75 Å². The van der Waals surface area contributed by atoms with Crippen LogP contribution in [0.1, 0.15) is 39.6 Å². The zero-order valence-corrected chi connectivity index (χ0v) is 15.5. The Morgan fingerprint density at radius 2 is 2.12 bits per heavy atom. The van der Waals surface area contributed by atoms with Crippen molar-refractivity contribution in [3.05, 3.63) is 80.8 Å². The average Bonchev–Trinajstić information content (AvgIpc) is 3.31. The van der Waals surface area contributed by atoms with Crippen molar-refractivity contribution in [2.45, 2.75) is 25.5 Å². The number of aromatic nitrogens is 1. The summed E-state index contributed by atoms with van der Waals surface area (Å²) in [6.07, 6.45) is 1.77. The Kier molecular flexibility index (Phi) is 4.91. The van der Waals surface area contributed by atoms with Crippen molar-refractivity contribution in [2.24, 2.45) is 0 Å². The molecule has 1 atom stereocenters. The van der Waals surface area contributed by atoms with Crippen LogP contribution in [0, 0.1) is 0 Å².